The van der Waals surface area contributed by atoms with Gasteiger partial charge < -0.3 is 10.1 Å². The van der Waals surface area contributed by atoms with Crippen molar-refractivity contribution >= 4 is 21.6 Å². The van der Waals surface area contributed by atoms with Crippen LogP contribution in [0.25, 0.3) is 10.2 Å². The summed E-state index contributed by atoms with van der Waals surface area (Å²) in [6, 6.07) is 8.17. The Morgan fingerprint density at radius 2 is 2.33 bits per heavy atom. The highest BCUT2D eigenvalue weighted by atomic mass is 32.1. The highest BCUT2D eigenvalue weighted by Crippen LogP contribution is 2.27. The van der Waals surface area contributed by atoms with Gasteiger partial charge in [-0.1, -0.05) is 23.5 Å². The number of fused-ring (bicyclic) bond motifs is 1. The van der Waals surface area contributed by atoms with Crippen LogP contribution in [0.1, 0.15) is 19.3 Å². The van der Waals surface area contributed by atoms with Crippen molar-refractivity contribution in [3.63, 3.8) is 0 Å². The molecule has 0 unspecified atom stereocenters. The van der Waals surface area contributed by atoms with Gasteiger partial charge in [-0.15, -0.1) is 0 Å². The number of benzene rings is 1. The molecule has 2 heterocycles. The fourth-order valence-electron chi connectivity index (χ4n) is 2.40. The van der Waals surface area contributed by atoms with Crippen molar-refractivity contribution in [1.29, 1.82) is 0 Å². The van der Waals surface area contributed by atoms with E-state index in [2.05, 4.69) is 16.4 Å². The number of ether oxygens (including phenoxy) is 1. The maximum absolute atomic E-state index is 5.77. The standard InChI is InChI=1S/C14H18N2OS/c1-2-6-13-12(5-1)16-14(18-13)17-9-7-11-4-3-8-15-10-11/h1-2,5-6,11,15H,3-4,7-10H2/t11-/m0/s1. The molecule has 0 amide bonds. The van der Waals surface area contributed by atoms with E-state index in [1.807, 2.05) is 18.2 Å². The van der Waals surface area contributed by atoms with Crippen molar-refractivity contribution in [3.8, 4) is 5.19 Å². The molecule has 1 aliphatic rings. The number of rotatable bonds is 4. The van der Waals surface area contributed by atoms with Gasteiger partial charge in [0.15, 0.2) is 0 Å². The number of hydrogen-bond donors (Lipinski definition) is 1. The third-order valence-corrected chi connectivity index (χ3v) is 4.37. The quantitative estimate of drug-likeness (QED) is 0.919. The molecule has 1 fully saturated rings. The van der Waals surface area contributed by atoms with Crippen molar-refractivity contribution in [2.45, 2.75) is 19.3 Å². The fraction of sp³-hybridized carbons (Fsp3) is 0.500. The molecule has 2 aromatic rings. The van der Waals surface area contributed by atoms with E-state index in [-0.39, 0.29) is 0 Å². The molecule has 1 atom stereocenters. The van der Waals surface area contributed by atoms with E-state index in [1.54, 1.807) is 11.3 Å². The zero-order chi connectivity index (χ0) is 12.2. The molecule has 96 valence electrons. The first kappa shape index (κ1) is 11.9. The molecule has 1 aromatic heterocycles. The monoisotopic (exact) mass is 262 g/mol. The third kappa shape index (κ3) is 2.82. The summed E-state index contributed by atoms with van der Waals surface area (Å²) in [4.78, 5) is 4.48. The predicted molar refractivity (Wildman–Crippen MR) is 75.3 cm³/mol. The Kier molecular flexibility index (Phi) is 3.76. The summed E-state index contributed by atoms with van der Waals surface area (Å²) in [6.45, 7) is 3.10. The van der Waals surface area contributed by atoms with E-state index in [9.17, 15) is 0 Å². The Morgan fingerprint density at radius 3 is 3.17 bits per heavy atom. The van der Waals surface area contributed by atoms with Gasteiger partial charge in [0.1, 0.15) is 0 Å². The van der Waals surface area contributed by atoms with Crippen LogP contribution in [0.4, 0.5) is 0 Å². The molecule has 1 saturated heterocycles. The van der Waals surface area contributed by atoms with Crippen molar-refractivity contribution in [3.05, 3.63) is 24.3 Å². The van der Waals surface area contributed by atoms with Crippen LogP contribution < -0.4 is 10.1 Å². The molecule has 18 heavy (non-hydrogen) atoms. The number of nitrogens with zero attached hydrogens (tertiary/aromatic N) is 1. The van der Waals surface area contributed by atoms with Crippen molar-refractivity contribution in [2.24, 2.45) is 5.92 Å². The van der Waals surface area contributed by atoms with Gasteiger partial charge in [-0.2, -0.15) is 0 Å². The van der Waals surface area contributed by atoms with Gasteiger partial charge in [0.25, 0.3) is 5.19 Å². The summed E-state index contributed by atoms with van der Waals surface area (Å²) >= 11 is 1.63. The zero-order valence-corrected chi connectivity index (χ0v) is 11.2. The van der Waals surface area contributed by atoms with Gasteiger partial charge >= 0.3 is 0 Å². The SMILES string of the molecule is c1ccc2sc(OCC[C@@H]3CCCNC3)nc2c1. The maximum Gasteiger partial charge on any atom is 0.274 e. The molecule has 3 rings (SSSR count). The largest absolute Gasteiger partial charge is 0.470 e. The molecule has 0 aliphatic carbocycles. The van der Waals surface area contributed by atoms with Crippen LogP contribution >= 0.6 is 11.3 Å². The van der Waals surface area contributed by atoms with Crippen LogP contribution in [-0.4, -0.2) is 24.7 Å². The maximum atomic E-state index is 5.77. The number of nitrogens with one attached hydrogen (secondary N) is 1. The van der Waals surface area contributed by atoms with Gasteiger partial charge in [0.05, 0.1) is 16.8 Å². The number of piperidine rings is 1. The first-order chi connectivity index (χ1) is 8.92. The van der Waals surface area contributed by atoms with E-state index in [4.69, 9.17) is 4.74 Å². The Morgan fingerprint density at radius 1 is 1.39 bits per heavy atom. The lowest BCUT2D eigenvalue weighted by molar-refractivity contribution is 0.253. The molecule has 1 aromatic carbocycles. The first-order valence-electron chi connectivity index (χ1n) is 6.61. The minimum atomic E-state index is 0.771. The number of hydrogen-bond acceptors (Lipinski definition) is 4. The first-order valence-corrected chi connectivity index (χ1v) is 7.42. The van der Waals surface area contributed by atoms with Crippen LogP contribution in [0.15, 0.2) is 24.3 Å². The summed E-state index contributed by atoms with van der Waals surface area (Å²) in [7, 11) is 0. The lowest BCUT2D eigenvalue weighted by atomic mass is 9.97. The molecule has 4 heteroatoms. The normalized spacial score (nSPS) is 20.1. The van der Waals surface area contributed by atoms with E-state index < -0.39 is 0 Å². The number of thiazole rings is 1. The number of aromatic nitrogens is 1. The number of para-hydroxylation sites is 1. The fourth-order valence-corrected chi connectivity index (χ4v) is 3.24. The van der Waals surface area contributed by atoms with E-state index >= 15 is 0 Å². The minimum absolute atomic E-state index is 0.771. The predicted octanol–water partition coefficient (Wildman–Crippen LogP) is 3.06. The van der Waals surface area contributed by atoms with Gasteiger partial charge in [0.2, 0.25) is 0 Å². The smallest absolute Gasteiger partial charge is 0.274 e. The van der Waals surface area contributed by atoms with E-state index in [0.717, 1.165) is 36.2 Å². The van der Waals surface area contributed by atoms with Crippen LogP contribution in [-0.2, 0) is 0 Å². The second kappa shape index (κ2) is 5.67. The summed E-state index contributed by atoms with van der Waals surface area (Å²) in [5.41, 5.74) is 1.04. The average molecular weight is 262 g/mol. The Labute approximate surface area is 111 Å². The second-order valence-electron chi connectivity index (χ2n) is 4.80. The van der Waals surface area contributed by atoms with Crippen molar-refractivity contribution < 1.29 is 4.74 Å². The van der Waals surface area contributed by atoms with Gasteiger partial charge in [0, 0.05) is 0 Å². The highest BCUT2D eigenvalue weighted by molar-refractivity contribution is 7.20. The summed E-state index contributed by atoms with van der Waals surface area (Å²) in [6.07, 6.45) is 3.75. The van der Waals surface area contributed by atoms with E-state index in [0.29, 0.717) is 0 Å². The van der Waals surface area contributed by atoms with Crippen LogP contribution in [0.5, 0.6) is 5.19 Å². The molecule has 3 nitrogen and oxygen atoms in total. The molecular weight excluding hydrogens is 244 g/mol. The highest BCUT2D eigenvalue weighted by Gasteiger charge is 2.13. The van der Waals surface area contributed by atoms with Gasteiger partial charge in [-0.25, -0.2) is 4.98 Å². The van der Waals surface area contributed by atoms with Crippen LogP contribution in [0.3, 0.4) is 0 Å². The second-order valence-corrected chi connectivity index (χ2v) is 5.79. The Balaban J connectivity index is 1.53. The third-order valence-electron chi connectivity index (χ3n) is 3.42. The summed E-state index contributed by atoms with van der Waals surface area (Å²) in [5, 5.41) is 4.24. The Hall–Kier alpha value is -1.13. The molecule has 0 bridgehead atoms. The average Bonchev–Trinajstić information content (AvgIpc) is 2.82. The topological polar surface area (TPSA) is 34.1 Å². The van der Waals surface area contributed by atoms with Crippen molar-refractivity contribution in [1.82, 2.24) is 10.3 Å². The summed E-state index contributed by atoms with van der Waals surface area (Å²) < 4.78 is 6.97. The van der Waals surface area contributed by atoms with Crippen molar-refractivity contribution in [2.75, 3.05) is 19.7 Å². The van der Waals surface area contributed by atoms with Gasteiger partial charge in [-0.3, -0.25) is 0 Å². The molecular formula is C14H18N2OS. The molecule has 1 aliphatic heterocycles. The molecule has 1 N–H and O–H groups in total. The summed E-state index contributed by atoms with van der Waals surface area (Å²) in [5.74, 6) is 0.771. The van der Waals surface area contributed by atoms with E-state index in [1.165, 1.54) is 24.1 Å². The zero-order valence-electron chi connectivity index (χ0n) is 10.4. The van der Waals surface area contributed by atoms with Crippen LogP contribution in [0.2, 0.25) is 0 Å². The molecule has 0 saturated carbocycles. The lowest BCUT2D eigenvalue weighted by Gasteiger charge is -2.22. The molecule has 0 spiro atoms. The van der Waals surface area contributed by atoms with Gasteiger partial charge in [-0.05, 0) is 50.4 Å². The Bertz CT molecular complexity index is 472. The molecule has 0 radical (unpaired) electrons. The minimum Gasteiger partial charge on any atom is -0.470 e. The lowest BCUT2D eigenvalue weighted by Crippen LogP contribution is -2.30. The van der Waals surface area contributed by atoms with Crippen LogP contribution in [0, 0.1) is 5.92 Å².